The number of alkyl halides is 2. The van der Waals surface area contributed by atoms with Crippen LogP contribution in [0.15, 0.2) is 18.2 Å². The van der Waals surface area contributed by atoms with Crippen molar-refractivity contribution in [3.05, 3.63) is 18.2 Å². The summed E-state index contributed by atoms with van der Waals surface area (Å²) in [6, 6.07) is 3.33. The molecule has 2 rings (SSSR count). The molecule has 1 heterocycles. The van der Waals surface area contributed by atoms with E-state index in [1.807, 2.05) is 13.8 Å². The SMILES string of the molecule is CC(C)[C@@H](N)C(=O)Nc1ccc2c(c1)OC(F)(F)O2.Cl. The molecule has 5 nitrogen and oxygen atoms in total. The summed E-state index contributed by atoms with van der Waals surface area (Å²) in [5.41, 5.74) is 6.00. The Bertz CT molecular complexity index is 511. The van der Waals surface area contributed by atoms with Gasteiger partial charge in [-0.2, -0.15) is 0 Å². The minimum Gasteiger partial charge on any atom is -0.395 e. The van der Waals surface area contributed by atoms with Crippen LogP contribution in [0, 0.1) is 5.92 Å². The fraction of sp³-hybridized carbons (Fsp3) is 0.417. The molecule has 112 valence electrons. The fourth-order valence-electron chi connectivity index (χ4n) is 1.56. The van der Waals surface area contributed by atoms with Crippen molar-refractivity contribution in [2.45, 2.75) is 26.2 Å². The smallest absolute Gasteiger partial charge is 0.395 e. The van der Waals surface area contributed by atoms with Crippen LogP contribution in [0.1, 0.15) is 13.8 Å². The first-order valence-corrected chi connectivity index (χ1v) is 5.75. The highest BCUT2D eigenvalue weighted by atomic mass is 35.5. The van der Waals surface area contributed by atoms with Gasteiger partial charge in [0.1, 0.15) is 0 Å². The van der Waals surface area contributed by atoms with Crippen molar-refractivity contribution in [3.63, 3.8) is 0 Å². The molecule has 1 atom stereocenters. The maximum atomic E-state index is 12.8. The van der Waals surface area contributed by atoms with E-state index >= 15 is 0 Å². The number of nitrogens with one attached hydrogen (secondary N) is 1. The van der Waals surface area contributed by atoms with Crippen LogP contribution in [0.3, 0.4) is 0 Å². The predicted molar refractivity (Wildman–Crippen MR) is 71.3 cm³/mol. The average molecular weight is 309 g/mol. The molecule has 8 heteroatoms. The van der Waals surface area contributed by atoms with Gasteiger partial charge in [-0.3, -0.25) is 4.79 Å². The van der Waals surface area contributed by atoms with Crippen molar-refractivity contribution in [2.75, 3.05) is 5.32 Å². The summed E-state index contributed by atoms with van der Waals surface area (Å²) in [5.74, 6) is -0.615. The molecular formula is C12H15ClF2N2O3. The summed E-state index contributed by atoms with van der Waals surface area (Å²) in [4.78, 5) is 11.7. The van der Waals surface area contributed by atoms with Crippen LogP contribution in [-0.2, 0) is 4.79 Å². The Labute approximate surface area is 120 Å². The molecule has 0 bridgehead atoms. The Morgan fingerprint density at radius 3 is 2.50 bits per heavy atom. The highest BCUT2D eigenvalue weighted by Gasteiger charge is 2.43. The molecule has 1 aromatic rings. The first-order chi connectivity index (χ1) is 8.78. The van der Waals surface area contributed by atoms with Gasteiger partial charge in [-0.1, -0.05) is 13.8 Å². The van der Waals surface area contributed by atoms with Crippen molar-refractivity contribution in [1.29, 1.82) is 0 Å². The number of carbonyl (C=O) groups is 1. The molecule has 1 aromatic carbocycles. The highest BCUT2D eigenvalue weighted by Crippen LogP contribution is 2.42. The van der Waals surface area contributed by atoms with E-state index in [-0.39, 0.29) is 35.7 Å². The van der Waals surface area contributed by atoms with E-state index in [2.05, 4.69) is 14.8 Å². The zero-order chi connectivity index (χ0) is 14.2. The third-order valence-electron chi connectivity index (χ3n) is 2.69. The molecule has 0 aromatic heterocycles. The van der Waals surface area contributed by atoms with Crippen LogP contribution in [0.5, 0.6) is 11.5 Å². The van der Waals surface area contributed by atoms with Gasteiger partial charge in [0.05, 0.1) is 6.04 Å². The molecule has 0 spiro atoms. The van der Waals surface area contributed by atoms with Gasteiger partial charge in [0, 0.05) is 11.8 Å². The first-order valence-electron chi connectivity index (χ1n) is 5.75. The summed E-state index contributed by atoms with van der Waals surface area (Å²) < 4.78 is 34.2. The quantitative estimate of drug-likeness (QED) is 0.899. The van der Waals surface area contributed by atoms with Gasteiger partial charge in [0.15, 0.2) is 11.5 Å². The maximum absolute atomic E-state index is 12.8. The normalized spacial score (nSPS) is 16.5. The van der Waals surface area contributed by atoms with Crippen LogP contribution in [-0.4, -0.2) is 18.2 Å². The van der Waals surface area contributed by atoms with Crippen molar-refractivity contribution in [1.82, 2.24) is 0 Å². The van der Waals surface area contributed by atoms with Crippen molar-refractivity contribution >= 4 is 24.0 Å². The van der Waals surface area contributed by atoms with E-state index in [1.165, 1.54) is 18.2 Å². The number of anilines is 1. The third kappa shape index (κ3) is 3.49. The van der Waals surface area contributed by atoms with Gasteiger partial charge in [-0.25, -0.2) is 0 Å². The number of rotatable bonds is 3. The molecule has 0 fully saturated rings. The lowest BCUT2D eigenvalue weighted by Gasteiger charge is -2.15. The Balaban J connectivity index is 0.00000200. The van der Waals surface area contributed by atoms with Crippen LogP contribution in [0.25, 0.3) is 0 Å². The van der Waals surface area contributed by atoms with Gasteiger partial charge in [-0.05, 0) is 18.1 Å². The van der Waals surface area contributed by atoms with E-state index in [9.17, 15) is 13.6 Å². The molecular weight excluding hydrogens is 294 g/mol. The number of hydrogen-bond donors (Lipinski definition) is 2. The van der Waals surface area contributed by atoms with E-state index in [0.717, 1.165) is 0 Å². The number of benzene rings is 1. The lowest BCUT2D eigenvalue weighted by atomic mass is 10.0. The van der Waals surface area contributed by atoms with Crippen molar-refractivity contribution < 1.29 is 23.0 Å². The second-order valence-corrected chi connectivity index (χ2v) is 4.59. The Hall–Kier alpha value is -1.60. The Kier molecular flexibility index (Phi) is 4.77. The van der Waals surface area contributed by atoms with E-state index in [4.69, 9.17) is 5.73 Å². The molecule has 0 saturated heterocycles. The van der Waals surface area contributed by atoms with E-state index in [1.54, 1.807) is 0 Å². The average Bonchev–Trinajstić information content (AvgIpc) is 2.60. The minimum absolute atomic E-state index is 0. The molecule has 0 unspecified atom stereocenters. The maximum Gasteiger partial charge on any atom is 0.586 e. The Morgan fingerprint density at radius 1 is 1.30 bits per heavy atom. The first kappa shape index (κ1) is 16.5. The summed E-state index contributed by atoms with van der Waals surface area (Å²) in [6.07, 6.45) is -3.67. The zero-order valence-corrected chi connectivity index (χ0v) is 11.7. The summed E-state index contributed by atoms with van der Waals surface area (Å²) in [6.45, 7) is 3.62. The van der Waals surface area contributed by atoms with E-state index in [0.29, 0.717) is 5.69 Å². The molecule has 20 heavy (non-hydrogen) atoms. The highest BCUT2D eigenvalue weighted by molar-refractivity contribution is 5.95. The topological polar surface area (TPSA) is 73.6 Å². The number of ether oxygens (including phenoxy) is 2. The predicted octanol–water partition coefficient (Wildman–Crippen LogP) is 2.35. The lowest BCUT2D eigenvalue weighted by molar-refractivity contribution is -0.286. The van der Waals surface area contributed by atoms with Crippen molar-refractivity contribution in [2.24, 2.45) is 11.7 Å². The monoisotopic (exact) mass is 308 g/mol. The second kappa shape index (κ2) is 5.80. The standard InChI is InChI=1S/C12H14F2N2O3.ClH/c1-6(2)10(15)11(17)16-7-3-4-8-9(5-7)19-12(13,14)18-8;/h3-6,10H,15H2,1-2H3,(H,16,17);1H/t10-;/m1./s1. The number of carbonyl (C=O) groups excluding carboxylic acids is 1. The summed E-state index contributed by atoms with van der Waals surface area (Å²) in [5, 5.41) is 2.54. The van der Waals surface area contributed by atoms with E-state index < -0.39 is 12.3 Å². The zero-order valence-electron chi connectivity index (χ0n) is 10.9. The van der Waals surface area contributed by atoms with Crippen LogP contribution in [0.2, 0.25) is 0 Å². The van der Waals surface area contributed by atoms with Gasteiger partial charge >= 0.3 is 6.29 Å². The van der Waals surface area contributed by atoms with Gasteiger partial charge in [-0.15, -0.1) is 21.2 Å². The number of nitrogens with two attached hydrogens (primary N) is 1. The molecule has 1 amide bonds. The molecule has 0 saturated carbocycles. The van der Waals surface area contributed by atoms with Crippen LogP contribution < -0.4 is 20.5 Å². The number of fused-ring (bicyclic) bond motifs is 1. The lowest BCUT2D eigenvalue weighted by Crippen LogP contribution is -2.39. The summed E-state index contributed by atoms with van der Waals surface area (Å²) >= 11 is 0. The van der Waals surface area contributed by atoms with Gasteiger partial charge in [0.25, 0.3) is 0 Å². The molecule has 1 aliphatic heterocycles. The number of hydrogen-bond acceptors (Lipinski definition) is 4. The number of amides is 1. The molecule has 0 aliphatic carbocycles. The Morgan fingerprint density at radius 2 is 1.90 bits per heavy atom. The molecule has 1 aliphatic rings. The largest absolute Gasteiger partial charge is 0.586 e. The summed E-state index contributed by atoms with van der Waals surface area (Å²) in [7, 11) is 0. The van der Waals surface area contributed by atoms with Gasteiger partial charge in [0.2, 0.25) is 5.91 Å². The van der Waals surface area contributed by atoms with Crippen molar-refractivity contribution in [3.8, 4) is 11.5 Å². The number of halogens is 3. The molecule has 3 N–H and O–H groups in total. The minimum atomic E-state index is -3.67. The fourth-order valence-corrected chi connectivity index (χ4v) is 1.56. The molecule has 0 radical (unpaired) electrons. The second-order valence-electron chi connectivity index (χ2n) is 4.59. The van der Waals surface area contributed by atoms with Crippen LogP contribution >= 0.6 is 12.4 Å². The van der Waals surface area contributed by atoms with Gasteiger partial charge < -0.3 is 20.5 Å². The van der Waals surface area contributed by atoms with Crippen LogP contribution in [0.4, 0.5) is 14.5 Å². The third-order valence-corrected chi connectivity index (χ3v) is 2.69.